The molecule has 2 saturated heterocycles. The number of nitrogens with one attached hydrogen (secondary N) is 1. The van der Waals surface area contributed by atoms with E-state index in [0.717, 1.165) is 24.2 Å². The molecule has 1 amide bonds. The predicted molar refractivity (Wildman–Crippen MR) is 175 cm³/mol. The molecule has 4 fully saturated rings. The molecule has 1 aromatic carbocycles. The molecule has 0 radical (unpaired) electrons. The fourth-order valence-electron chi connectivity index (χ4n) is 9.68. The molecule has 236 valence electrons. The summed E-state index contributed by atoms with van der Waals surface area (Å²) in [7, 11) is 0. The first kappa shape index (κ1) is 30.5. The topological polar surface area (TPSA) is 81.5 Å². The Balaban J connectivity index is 0.981. The highest BCUT2D eigenvalue weighted by atomic mass is 35.5. The van der Waals surface area contributed by atoms with Crippen LogP contribution in [0.1, 0.15) is 93.5 Å². The zero-order chi connectivity index (χ0) is 31.6. The Hall–Kier alpha value is -3.10. The van der Waals surface area contributed by atoms with Crippen LogP contribution in [0.2, 0.25) is 5.02 Å². The highest BCUT2D eigenvalue weighted by Crippen LogP contribution is 2.59. The third-order valence-electron chi connectivity index (χ3n) is 11.6. The van der Waals surface area contributed by atoms with E-state index in [4.69, 9.17) is 21.3 Å². The van der Waals surface area contributed by atoms with Crippen LogP contribution < -0.4 is 10.1 Å². The van der Waals surface area contributed by atoms with Crippen LogP contribution in [0.15, 0.2) is 30.3 Å². The predicted octanol–water partition coefficient (Wildman–Crippen LogP) is 6.04. The van der Waals surface area contributed by atoms with Gasteiger partial charge < -0.3 is 15.0 Å². The molecule has 1 N–H and O–H groups in total. The van der Waals surface area contributed by atoms with Gasteiger partial charge in [0.15, 0.2) is 0 Å². The average molecular weight is 626 g/mol. The minimum absolute atomic E-state index is 0.0263. The van der Waals surface area contributed by atoms with Crippen LogP contribution in [0.4, 0.5) is 0 Å². The number of ether oxygens (including phenoxy) is 1. The van der Waals surface area contributed by atoms with E-state index >= 15 is 0 Å². The Kier molecular flexibility index (Phi) is 7.67. The van der Waals surface area contributed by atoms with Gasteiger partial charge in [0.25, 0.3) is 5.91 Å². The molecule has 8 heteroatoms. The van der Waals surface area contributed by atoms with Crippen molar-refractivity contribution in [2.24, 2.45) is 22.2 Å². The van der Waals surface area contributed by atoms with Crippen LogP contribution in [0, 0.1) is 45.3 Å². The molecule has 0 bridgehead atoms. The van der Waals surface area contributed by atoms with Gasteiger partial charge in [-0.25, -0.2) is 4.98 Å². The van der Waals surface area contributed by atoms with Crippen LogP contribution in [0.5, 0.6) is 5.75 Å². The molecule has 2 aromatic rings. The van der Waals surface area contributed by atoms with E-state index in [1.54, 1.807) is 18.2 Å². The van der Waals surface area contributed by atoms with Gasteiger partial charge in [-0.3, -0.25) is 9.69 Å². The number of pyridine rings is 1. The number of carbonyl (C=O) groups excluding carboxylic acids is 1. The first-order valence-corrected chi connectivity index (χ1v) is 17.0. The number of carbonyl (C=O) groups is 1. The number of halogens is 1. The van der Waals surface area contributed by atoms with Crippen molar-refractivity contribution in [1.82, 2.24) is 20.1 Å². The summed E-state index contributed by atoms with van der Waals surface area (Å²) >= 11 is 6.27. The summed E-state index contributed by atoms with van der Waals surface area (Å²) in [6, 6.07) is 11.8. The van der Waals surface area contributed by atoms with Crippen molar-refractivity contribution in [3.05, 3.63) is 57.9 Å². The fraction of sp³-hybridized carbons (Fsp3) is 0.595. The lowest BCUT2D eigenvalue weighted by molar-refractivity contribution is -0.199. The summed E-state index contributed by atoms with van der Waals surface area (Å²) in [6.07, 6.45) is 7.32. The molecule has 1 spiro atoms. The minimum Gasteiger partial charge on any atom is -0.489 e. The fourth-order valence-corrected chi connectivity index (χ4v) is 9.89. The van der Waals surface area contributed by atoms with Gasteiger partial charge in [-0.2, -0.15) is 5.26 Å². The van der Waals surface area contributed by atoms with Crippen molar-refractivity contribution in [3.63, 3.8) is 0 Å². The number of fused-ring (bicyclic) bond motifs is 1. The molecule has 1 unspecified atom stereocenters. The number of benzene rings is 1. The van der Waals surface area contributed by atoms with E-state index in [-0.39, 0.29) is 28.9 Å². The number of likely N-dealkylation sites (tertiary alicyclic amines) is 1. The van der Waals surface area contributed by atoms with Crippen LogP contribution in [0.3, 0.4) is 0 Å². The van der Waals surface area contributed by atoms with Crippen molar-refractivity contribution >= 4 is 17.5 Å². The maximum absolute atomic E-state index is 13.7. The van der Waals surface area contributed by atoms with E-state index in [9.17, 15) is 10.1 Å². The van der Waals surface area contributed by atoms with E-state index in [2.05, 4.69) is 55.8 Å². The second-order valence-electron chi connectivity index (χ2n) is 15.3. The largest absolute Gasteiger partial charge is 0.489 e. The summed E-state index contributed by atoms with van der Waals surface area (Å²) in [5.74, 6) is 7.98. The van der Waals surface area contributed by atoms with Gasteiger partial charge in [0.1, 0.15) is 23.6 Å². The number of hydrogen-bond donors (Lipinski definition) is 1. The molecule has 3 aliphatic heterocycles. The quantitative estimate of drug-likeness (QED) is 0.417. The van der Waals surface area contributed by atoms with Crippen LogP contribution >= 0.6 is 11.6 Å². The van der Waals surface area contributed by atoms with Gasteiger partial charge in [0, 0.05) is 48.0 Å². The smallest absolute Gasteiger partial charge is 0.256 e. The molecule has 7 rings (SSSR count). The zero-order valence-electron chi connectivity index (χ0n) is 27.0. The van der Waals surface area contributed by atoms with E-state index in [0.29, 0.717) is 45.8 Å². The van der Waals surface area contributed by atoms with Crippen LogP contribution in [-0.4, -0.2) is 65.1 Å². The van der Waals surface area contributed by atoms with E-state index in [1.165, 1.54) is 51.9 Å². The molecule has 7 nitrogen and oxygen atoms in total. The maximum Gasteiger partial charge on any atom is 0.256 e. The monoisotopic (exact) mass is 625 g/mol. The Bertz CT molecular complexity index is 1590. The lowest BCUT2D eigenvalue weighted by Crippen LogP contribution is -2.74. The maximum atomic E-state index is 13.7. The molecule has 1 aromatic heterocycles. The summed E-state index contributed by atoms with van der Waals surface area (Å²) in [5, 5.41) is 13.2. The minimum atomic E-state index is -0.313. The average Bonchev–Trinajstić information content (AvgIpc) is 3.74. The summed E-state index contributed by atoms with van der Waals surface area (Å²) in [5.41, 5.74) is 2.58. The second-order valence-corrected chi connectivity index (χ2v) is 15.7. The molecule has 2 saturated carbocycles. The normalized spacial score (nSPS) is 31.6. The number of hydrogen-bond acceptors (Lipinski definition) is 6. The number of amides is 1. The molecular formula is C37H44ClN5O2. The van der Waals surface area contributed by atoms with Crippen molar-refractivity contribution in [3.8, 4) is 23.7 Å². The number of aromatic nitrogens is 1. The zero-order valence-corrected chi connectivity index (χ0v) is 27.7. The highest BCUT2D eigenvalue weighted by Gasteiger charge is 2.67. The third-order valence-corrected chi connectivity index (χ3v) is 11.9. The van der Waals surface area contributed by atoms with Gasteiger partial charge in [-0.05, 0) is 87.2 Å². The Morgan fingerprint density at radius 3 is 2.53 bits per heavy atom. The van der Waals surface area contributed by atoms with Crippen molar-refractivity contribution in [2.75, 3.05) is 26.2 Å². The molecule has 1 atom stereocenters. The lowest BCUT2D eigenvalue weighted by Gasteiger charge is -2.65. The van der Waals surface area contributed by atoms with Crippen LogP contribution in [-0.2, 0) is 6.54 Å². The Labute approximate surface area is 272 Å². The Morgan fingerprint density at radius 1 is 1.07 bits per heavy atom. The van der Waals surface area contributed by atoms with Crippen molar-refractivity contribution in [1.29, 1.82) is 5.26 Å². The molecule has 4 heterocycles. The van der Waals surface area contributed by atoms with Gasteiger partial charge in [-0.1, -0.05) is 45.2 Å². The number of nitrogens with zero attached hydrogens (tertiary/aromatic N) is 4. The first-order valence-electron chi connectivity index (χ1n) is 16.6. The first-order chi connectivity index (χ1) is 21.5. The number of nitriles is 1. The lowest BCUT2D eigenvalue weighted by atomic mass is 9.49. The second kappa shape index (κ2) is 11.3. The third kappa shape index (κ3) is 5.32. The van der Waals surface area contributed by atoms with Gasteiger partial charge in [-0.15, -0.1) is 0 Å². The van der Waals surface area contributed by atoms with E-state index in [1.807, 2.05) is 17.0 Å². The van der Waals surface area contributed by atoms with E-state index < -0.39 is 0 Å². The highest BCUT2D eigenvalue weighted by molar-refractivity contribution is 6.31. The molecule has 2 aliphatic carbocycles. The van der Waals surface area contributed by atoms with Gasteiger partial charge in [0.2, 0.25) is 0 Å². The summed E-state index contributed by atoms with van der Waals surface area (Å²) in [6.45, 7) is 14.0. The molecule has 5 aliphatic rings. The van der Waals surface area contributed by atoms with Crippen LogP contribution in [0.25, 0.3) is 0 Å². The summed E-state index contributed by atoms with van der Waals surface area (Å²) in [4.78, 5) is 23.3. The van der Waals surface area contributed by atoms with Gasteiger partial charge in [0.05, 0.1) is 28.4 Å². The van der Waals surface area contributed by atoms with Gasteiger partial charge >= 0.3 is 0 Å². The Morgan fingerprint density at radius 2 is 1.84 bits per heavy atom. The SMILES string of the molecule is CC1(C)C(Oc2ccc(C#N)c(Cl)c2)C(C)(C)C1N1Cc2nc(C#CC3CCC(N4CCC5(CCNC5)C4)CC3)ccc2C1=O. The van der Waals surface area contributed by atoms with Crippen molar-refractivity contribution < 1.29 is 9.53 Å². The number of rotatable bonds is 4. The summed E-state index contributed by atoms with van der Waals surface area (Å²) < 4.78 is 6.46. The standard InChI is InChI=1S/C37H44ClN5O2/c1-35(2)33(36(3,4)34(35)45-28-13-8-25(20-39)30(38)19-28)43-21-31-29(32(43)44)14-10-26(41-31)9-5-24-6-11-27(12-7-24)42-18-16-37(23-42)15-17-40-22-37/h8,10,13-14,19,24,27,33-34,40H,6-7,11-12,15-18,21-23H2,1-4H3. The molecular weight excluding hydrogens is 582 g/mol. The van der Waals surface area contributed by atoms with Crippen molar-refractivity contribution in [2.45, 2.75) is 91.0 Å². The molecule has 45 heavy (non-hydrogen) atoms.